The maximum atomic E-state index is 9.52. The summed E-state index contributed by atoms with van der Waals surface area (Å²) in [5.74, 6) is 0.864. The zero-order chi connectivity index (χ0) is 11.4. The Morgan fingerprint density at radius 2 is 1.88 bits per heavy atom. The van der Waals surface area contributed by atoms with Crippen LogP contribution in [-0.4, -0.2) is 23.3 Å². The van der Waals surface area contributed by atoms with E-state index < -0.39 is 0 Å². The van der Waals surface area contributed by atoms with Crippen LogP contribution in [0.25, 0.3) is 0 Å². The predicted octanol–water partition coefficient (Wildman–Crippen LogP) is 2.85. The third kappa shape index (κ3) is 2.60. The Labute approximate surface area is 99.8 Å². The molecular formula is C14H27NO. The molecule has 94 valence electrons. The van der Waals surface area contributed by atoms with Gasteiger partial charge in [-0.25, -0.2) is 0 Å². The van der Waals surface area contributed by atoms with Crippen LogP contribution in [-0.2, 0) is 0 Å². The molecule has 1 unspecified atom stereocenters. The van der Waals surface area contributed by atoms with Gasteiger partial charge in [-0.3, -0.25) is 0 Å². The average molecular weight is 225 g/mol. The first kappa shape index (κ1) is 12.4. The van der Waals surface area contributed by atoms with E-state index in [1.165, 1.54) is 57.8 Å². The second kappa shape index (κ2) is 5.50. The van der Waals surface area contributed by atoms with Crippen molar-refractivity contribution in [3.63, 3.8) is 0 Å². The molecule has 2 saturated carbocycles. The van der Waals surface area contributed by atoms with Crippen molar-refractivity contribution in [3.8, 4) is 0 Å². The van der Waals surface area contributed by atoms with Gasteiger partial charge in [0, 0.05) is 11.6 Å². The highest BCUT2D eigenvalue weighted by Crippen LogP contribution is 2.35. The number of hydrogen-bond acceptors (Lipinski definition) is 2. The topological polar surface area (TPSA) is 32.3 Å². The second-order valence-electron chi connectivity index (χ2n) is 5.85. The predicted molar refractivity (Wildman–Crippen MR) is 67.5 cm³/mol. The second-order valence-corrected chi connectivity index (χ2v) is 5.85. The fourth-order valence-corrected chi connectivity index (χ4v) is 3.43. The highest BCUT2D eigenvalue weighted by molar-refractivity contribution is 4.98. The van der Waals surface area contributed by atoms with Crippen molar-refractivity contribution in [1.82, 2.24) is 5.32 Å². The molecule has 2 aliphatic carbocycles. The molecule has 0 aromatic carbocycles. The van der Waals surface area contributed by atoms with E-state index in [1.807, 2.05) is 0 Å². The number of aliphatic hydroxyl groups excluding tert-OH is 1. The van der Waals surface area contributed by atoms with Crippen molar-refractivity contribution < 1.29 is 5.11 Å². The van der Waals surface area contributed by atoms with Crippen molar-refractivity contribution in [1.29, 1.82) is 0 Å². The zero-order valence-corrected chi connectivity index (χ0v) is 10.7. The van der Waals surface area contributed by atoms with E-state index in [9.17, 15) is 5.11 Å². The van der Waals surface area contributed by atoms with Crippen molar-refractivity contribution >= 4 is 0 Å². The molecule has 0 aliphatic heterocycles. The molecule has 16 heavy (non-hydrogen) atoms. The van der Waals surface area contributed by atoms with E-state index in [2.05, 4.69) is 12.2 Å². The molecule has 2 rings (SSSR count). The molecule has 0 spiro atoms. The van der Waals surface area contributed by atoms with Gasteiger partial charge >= 0.3 is 0 Å². The summed E-state index contributed by atoms with van der Waals surface area (Å²) >= 11 is 0. The summed E-state index contributed by atoms with van der Waals surface area (Å²) < 4.78 is 0. The minimum Gasteiger partial charge on any atom is -0.394 e. The molecule has 0 aromatic rings. The molecule has 0 radical (unpaired) electrons. The van der Waals surface area contributed by atoms with Crippen LogP contribution < -0.4 is 5.32 Å². The Morgan fingerprint density at radius 3 is 2.31 bits per heavy atom. The van der Waals surface area contributed by atoms with E-state index >= 15 is 0 Å². The first-order chi connectivity index (χ1) is 7.79. The maximum absolute atomic E-state index is 9.52. The molecule has 0 saturated heterocycles. The average Bonchev–Trinajstić information content (AvgIpc) is 2.30. The molecule has 2 fully saturated rings. The number of nitrogens with one attached hydrogen (secondary N) is 1. The summed E-state index contributed by atoms with van der Waals surface area (Å²) in [6, 6.07) is 0.646. The zero-order valence-electron chi connectivity index (χ0n) is 10.7. The van der Waals surface area contributed by atoms with Crippen molar-refractivity contribution in [3.05, 3.63) is 0 Å². The van der Waals surface area contributed by atoms with Gasteiger partial charge in [0.15, 0.2) is 0 Å². The highest BCUT2D eigenvalue weighted by atomic mass is 16.3. The summed E-state index contributed by atoms with van der Waals surface area (Å²) in [5.41, 5.74) is 0.0954. The van der Waals surface area contributed by atoms with E-state index in [4.69, 9.17) is 0 Å². The van der Waals surface area contributed by atoms with Crippen LogP contribution >= 0.6 is 0 Å². The van der Waals surface area contributed by atoms with Gasteiger partial charge < -0.3 is 10.4 Å². The molecule has 0 bridgehead atoms. The van der Waals surface area contributed by atoms with Gasteiger partial charge in [0.2, 0.25) is 0 Å². The third-order valence-electron chi connectivity index (χ3n) is 4.76. The minimum atomic E-state index is 0.0954. The molecule has 2 heteroatoms. The van der Waals surface area contributed by atoms with Crippen LogP contribution in [0.15, 0.2) is 0 Å². The Morgan fingerprint density at radius 1 is 1.19 bits per heavy atom. The van der Waals surface area contributed by atoms with E-state index in [-0.39, 0.29) is 5.54 Å². The lowest BCUT2D eigenvalue weighted by Gasteiger charge is -2.46. The molecule has 2 N–H and O–H groups in total. The van der Waals surface area contributed by atoms with Gasteiger partial charge in [0.25, 0.3) is 0 Å². The van der Waals surface area contributed by atoms with Crippen LogP contribution in [0.5, 0.6) is 0 Å². The van der Waals surface area contributed by atoms with Crippen LogP contribution in [0.1, 0.15) is 64.7 Å². The van der Waals surface area contributed by atoms with Gasteiger partial charge in [-0.1, -0.05) is 26.2 Å². The first-order valence-corrected chi connectivity index (χ1v) is 7.18. The lowest BCUT2D eigenvalue weighted by atomic mass is 9.74. The van der Waals surface area contributed by atoms with Gasteiger partial charge in [-0.15, -0.1) is 0 Å². The van der Waals surface area contributed by atoms with Crippen molar-refractivity contribution in [2.75, 3.05) is 6.61 Å². The highest BCUT2D eigenvalue weighted by Gasteiger charge is 2.39. The molecule has 0 amide bonds. The molecular weight excluding hydrogens is 198 g/mol. The molecule has 0 aromatic heterocycles. The third-order valence-corrected chi connectivity index (χ3v) is 4.76. The van der Waals surface area contributed by atoms with Crippen molar-refractivity contribution in [2.24, 2.45) is 5.92 Å². The standard InChI is InChI=1S/C14H27NO/c1-2-13(12-7-4-3-5-8-12)15-14(11-16)9-6-10-14/h12-13,15-16H,2-11H2,1H3. The Bertz CT molecular complexity index is 201. The Hall–Kier alpha value is -0.0800. The summed E-state index contributed by atoms with van der Waals surface area (Å²) in [7, 11) is 0. The van der Waals surface area contributed by atoms with Crippen LogP contribution in [0.2, 0.25) is 0 Å². The first-order valence-electron chi connectivity index (χ1n) is 7.18. The summed E-state index contributed by atoms with van der Waals surface area (Å²) in [4.78, 5) is 0. The molecule has 0 heterocycles. The number of aliphatic hydroxyl groups is 1. The minimum absolute atomic E-state index is 0.0954. The fraction of sp³-hybridized carbons (Fsp3) is 1.00. The van der Waals surface area contributed by atoms with Crippen molar-refractivity contribution in [2.45, 2.75) is 76.3 Å². The van der Waals surface area contributed by atoms with E-state index in [1.54, 1.807) is 0 Å². The van der Waals surface area contributed by atoms with E-state index in [0.717, 1.165) is 5.92 Å². The van der Waals surface area contributed by atoms with Gasteiger partial charge in [-0.05, 0) is 44.4 Å². The van der Waals surface area contributed by atoms with Crippen LogP contribution in [0.4, 0.5) is 0 Å². The Balaban J connectivity index is 1.88. The normalized spacial score (nSPS) is 27.4. The monoisotopic (exact) mass is 225 g/mol. The number of hydrogen-bond donors (Lipinski definition) is 2. The largest absolute Gasteiger partial charge is 0.394 e. The fourth-order valence-electron chi connectivity index (χ4n) is 3.43. The van der Waals surface area contributed by atoms with Crippen LogP contribution in [0, 0.1) is 5.92 Å². The van der Waals surface area contributed by atoms with Gasteiger partial charge in [0.05, 0.1) is 6.61 Å². The molecule has 2 aliphatic rings. The summed E-state index contributed by atoms with van der Waals surface area (Å²) in [6.07, 6.45) is 11.9. The van der Waals surface area contributed by atoms with Gasteiger partial charge in [0.1, 0.15) is 0 Å². The maximum Gasteiger partial charge on any atom is 0.0613 e. The van der Waals surface area contributed by atoms with Crippen LogP contribution in [0.3, 0.4) is 0 Å². The molecule has 1 atom stereocenters. The lowest BCUT2D eigenvalue weighted by molar-refractivity contribution is 0.0615. The Kier molecular flexibility index (Phi) is 4.26. The van der Waals surface area contributed by atoms with Gasteiger partial charge in [-0.2, -0.15) is 0 Å². The lowest BCUT2D eigenvalue weighted by Crippen LogP contribution is -2.59. The quantitative estimate of drug-likeness (QED) is 0.754. The smallest absolute Gasteiger partial charge is 0.0613 e. The SMILES string of the molecule is CCC(NC1(CO)CCC1)C1CCCCC1. The van der Waals surface area contributed by atoms with E-state index in [0.29, 0.717) is 12.6 Å². The summed E-state index contributed by atoms with van der Waals surface area (Å²) in [6.45, 7) is 2.62. The number of rotatable bonds is 5. The molecule has 2 nitrogen and oxygen atoms in total. The summed E-state index contributed by atoms with van der Waals surface area (Å²) in [5, 5.41) is 13.3.